The zero-order chi connectivity index (χ0) is 7.94. The van der Waals surface area contributed by atoms with Gasteiger partial charge in [-0.05, 0) is 12.1 Å². The maximum atomic E-state index is 5.35. The number of hydrogen-bond acceptors (Lipinski definition) is 1. The molecule has 0 aliphatic carbocycles. The molecule has 1 N–H and O–H groups in total. The molecule has 0 saturated heterocycles. The summed E-state index contributed by atoms with van der Waals surface area (Å²) in [7, 11) is 0. The molecule has 1 nitrogen and oxygen atoms in total. The Morgan fingerprint density at radius 2 is 2.00 bits per heavy atom. The number of para-hydroxylation sites is 1. The number of rotatable bonds is 3. The summed E-state index contributed by atoms with van der Waals surface area (Å²) in [5, 5.41) is 3.17. The molecule has 0 heterocycles. The largest absolute Gasteiger partial charge is 0.382 e. The fourth-order valence-electron chi connectivity index (χ4n) is 0.777. The van der Waals surface area contributed by atoms with Crippen LogP contribution in [0.25, 0.3) is 0 Å². The third-order valence-electron chi connectivity index (χ3n) is 1.29. The van der Waals surface area contributed by atoms with Crippen LogP contribution in [0.4, 0.5) is 5.69 Å². The van der Waals surface area contributed by atoms with Crippen LogP contribution in [0, 0.1) is 0 Å². The van der Waals surface area contributed by atoms with Gasteiger partial charge in [-0.3, -0.25) is 0 Å². The standard InChI is InChI=1S/C9H10ClN/c10-7-4-8-11-9-5-2-1-3-6-9/h1-7,11H,8H2/b7-4+. The monoisotopic (exact) mass is 167 g/mol. The lowest BCUT2D eigenvalue weighted by atomic mass is 10.3. The Morgan fingerprint density at radius 1 is 1.27 bits per heavy atom. The molecule has 58 valence electrons. The highest BCUT2D eigenvalue weighted by Gasteiger charge is 1.83. The van der Waals surface area contributed by atoms with Gasteiger partial charge in [0.2, 0.25) is 0 Å². The van der Waals surface area contributed by atoms with Crippen LogP contribution >= 0.6 is 11.6 Å². The molecule has 0 atom stereocenters. The van der Waals surface area contributed by atoms with E-state index < -0.39 is 0 Å². The molecule has 0 radical (unpaired) electrons. The predicted molar refractivity (Wildman–Crippen MR) is 49.9 cm³/mol. The van der Waals surface area contributed by atoms with Gasteiger partial charge in [0.25, 0.3) is 0 Å². The van der Waals surface area contributed by atoms with Crippen molar-refractivity contribution in [2.45, 2.75) is 0 Å². The van der Waals surface area contributed by atoms with Crippen molar-refractivity contribution in [3.05, 3.63) is 41.9 Å². The van der Waals surface area contributed by atoms with E-state index in [1.54, 1.807) is 0 Å². The summed E-state index contributed by atoms with van der Waals surface area (Å²) < 4.78 is 0. The van der Waals surface area contributed by atoms with E-state index in [1.807, 2.05) is 36.4 Å². The van der Waals surface area contributed by atoms with Crippen LogP contribution in [-0.2, 0) is 0 Å². The molecule has 0 spiro atoms. The van der Waals surface area contributed by atoms with Crippen molar-refractivity contribution in [1.82, 2.24) is 0 Å². The summed E-state index contributed by atoms with van der Waals surface area (Å²) >= 11 is 5.35. The number of hydrogen-bond donors (Lipinski definition) is 1. The first-order chi connectivity index (χ1) is 5.43. The van der Waals surface area contributed by atoms with Crippen LogP contribution in [0.15, 0.2) is 41.9 Å². The Bertz CT molecular complexity index is 218. The summed E-state index contributed by atoms with van der Waals surface area (Å²) in [6, 6.07) is 10.0. The molecule has 0 unspecified atom stereocenters. The molecule has 0 amide bonds. The van der Waals surface area contributed by atoms with Gasteiger partial charge in [0.05, 0.1) is 0 Å². The van der Waals surface area contributed by atoms with Gasteiger partial charge >= 0.3 is 0 Å². The zero-order valence-electron chi connectivity index (χ0n) is 6.13. The molecular weight excluding hydrogens is 158 g/mol. The van der Waals surface area contributed by atoms with E-state index in [9.17, 15) is 0 Å². The highest BCUT2D eigenvalue weighted by atomic mass is 35.5. The van der Waals surface area contributed by atoms with Crippen molar-refractivity contribution in [1.29, 1.82) is 0 Å². The SMILES string of the molecule is Cl/C=C/CNc1ccccc1. The fraction of sp³-hybridized carbons (Fsp3) is 0.111. The van der Waals surface area contributed by atoms with E-state index in [0.29, 0.717) is 0 Å². The molecule has 0 fully saturated rings. The van der Waals surface area contributed by atoms with Crippen LogP contribution < -0.4 is 5.32 Å². The molecule has 1 rings (SSSR count). The third kappa shape index (κ3) is 3.10. The lowest BCUT2D eigenvalue weighted by Gasteiger charge is -2.00. The van der Waals surface area contributed by atoms with E-state index in [-0.39, 0.29) is 0 Å². The maximum absolute atomic E-state index is 5.35. The van der Waals surface area contributed by atoms with E-state index >= 15 is 0 Å². The van der Waals surface area contributed by atoms with Crippen LogP contribution in [-0.4, -0.2) is 6.54 Å². The maximum Gasteiger partial charge on any atom is 0.0342 e. The molecule has 1 aromatic rings. The number of nitrogens with one attached hydrogen (secondary N) is 1. The lowest BCUT2D eigenvalue weighted by molar-refractivity contribution is 1.34. The van der Waals surface area contributed by atoms with Gasteiger partial charge < -0.3 is 5.32 Å². The van der Waals surface area contributed by atoms with E-state index in [2.05, 4.69) is 5.32 Å². The Morgan fingerprint density at radius 3 is 2.64 bits per heavy atom. The van der Waals surface area contributed by atoms with Crippen molar-refractivity contribution in [2.75, 3.05) is 11.9 Å². The highest BCUT2D eigenvalue weighted by Crippen LogP contribution is 2.03. The first-order valence-electron chi connectivity index (χ1n) is 3.47. The number of halogens is 1. The van der Waals surface area contributed by atoms with Crippen molar-refractivity contribution in [3.8, 4) is 0 Å². The quantitative estimate of drug-likeness (QED) is 0.730. The summed E-state index contributed by atoms with van der Waals surface area (Å²) in [5.41, 5.74) is 2.62. The second kappa shape index (κ2) is 4.80. The highest BCUT2D eigenvalue weighted by molar-refractivity contribution is 6.25. The fourth-order valence-corrected chi connectivity index (χ4v) is 0.866. The molecule has 0 saturated carbocycles. The molecule has 0 aliphatic heterocycles. The second-order valence-corrected chi connectivity index (χ2v) is 2.36. The summed E-state index contributed by atoms with van der Waals surface area (Å²) in [5.74, 6) is 0. The van der Waals surface area contributed by atoms with Crippen LogP contribution in [0.2, 0.25) is 0 Å². The van der Waals surface area contributed by atoms with Gasteiger partial charge in [-0.2, -0.15) is 0 Å². The van der Waals surface area contributed by atoms with Gasteiger partial charge in [-0.1, -0.05) is 35.9 Å². The van der Waals surface area contributed by atoms with Gasteiger partial charge in [0.15, 0.2) is 0 Å². The average molecular weight is 168 g/mol. The smallest absolute Gasteiger partial charge is 0.0342 e. The second-order valence-electron chi connectivity index (χ2n) is 2.11. The van der Waals surface area contributed by atoms with Gasteiger partial charge in [-0.15, -0.1) is 0 Å². The lowest BCUT2D eigenvalue weighted by Crippen LogP contribution is -1.96. The molecular formula is C9H10ClN. The summed E-state index contributed by atoms with van der Waals surface area (Å²) in [4.78, 5) is 0. The third-order valence-corrected chi connectivity index (χ3v) is 1.47. The first-order valence-corrected chi connectivity index (χ1v) is 3.91. The Labute approximate surface area is 71.7 Å². The summed E-state index contributed by atoms with van der Waals surface area (Å²) in [6.45, 7) is 0.771. The van der Waals surface area contributed by atoms with E-state index in [4.69, 9.17) is 11.6 Å². The molecule has 0 aliphatic rings. The van der Waals surface area contributed by atoms with Crippen molar-refractivity contribution in [2.24, 2.45) is 0 Å². The topological polar surface area (TPSA) is 12.0 Å². The minimum atomic E-state index is 0.771. The van der Waals surface area contributed by atoms with Crippen LogP contribution in [0.5, 0.6) is 0 Å². The van der Waals surface area contributed by atoms with E-state index in [0.717, 1.165) is 12.2 Å². The molecule has 11 heavy (non-hydrogen) atoms. The predicted octanol–water partition coefficient (Wildman–Crippen LogP) is 2.85. The van der Waals surface area contributed by atoms with Crippen molar-refractivity contribution >= 4 is 17.3 Å². The Balaban J connectivity index is 2.39. The van der Waals surface area contributed by atoms with Crippen LogP contribution in [0.3, 0.4) is 0 Å². The van der Waals surface area contributed by atoms with Gasteiger partial charge in [-0.25, -0.2) is 0 Å². The van der Waals surface area contributed by atoms with Crippen LogP contribution in [0.1, 0.15) is 0 Å². The molecule has 0 bridgehead atoms. The van der Waals surface area contributed by atoms with Gasteiger partial charge in [0, 0.05) is 17.8 Å². The zero-order valence-corrected chi connectivity index (χ0v) is 6.88. The average Bonchev–Trinajstić information content (AvgIpc) is 2.07. The Kier molecular flexibility index (Phi) is 3.56. The molecule has 0 aromatic heterocycles. The first kappa shape index (κ1) is 8.15. The normalized spacial score (nSPS) is 10.3. The molecule has 2 heteroatoms. The minimum absolute atomic E-state index is 0.771. The minimum Gasteiger partial charge on any atom is -0.382 e. The van der Waals surface area contributed by atoms with Crippen molar-refractivity contribution < 1.29 is 0 Å². The molecule has 1 aromatic carbocycles. The summed E-state index contributed by atoms with van der Waals surface area (Å²) in [6.07, 6.45) is 1.86. The van der Waals surface area contributed by atoms with Gasteiger partial charge in [0.1, 0.15) is 0 Å². The van der Waals surface area contributed by atoms with Crippen molar-refractivity contribution in [3.63, 3.8) is 0 Å². The Hall–Kier alpha value is -0.950. The van der Waals surface area contributed by atoms with E-state index in [1.165, 1.54) is 5.54 Å². The number of anilines is 1. The number of benzene rings is 1.